The van der Waals surface area contributed by atoms with Crippen LogP contribution in [0.25, 0.3) is 10.9 Å². The average Bonchev–Trinajstić information content (AvgIpc) is 3.07. The van der Waals surface area contributed by atoms with E-state index in [1.807, 2.05) is 4.90 Å². The molecule has 2 aliphatic rings. The predicted octanol–water partition coefficient (Wildman–Crippen LogP) is 1.03. The molecule has 1 heterocycles. The Bertz CT molecular complexity index is 1720. The van der Waals surface area contributed by atoms with E-state index in [9.17, 15) is 59.1 Å². The van der Waals surface area contributed by atoms with Crippen molar-refractivity contribution in [1.29, 1.82) is 0 Å². The Hall–Kier alpha value is -4.91. The van der Waals surface area contributed by atoms with Crippen molar-refractivity contribution in [1.82, 2.24) is 24.6 Å². The van der Waals surface area contributed by atoms with Crippen LogP contribution in [0.3, 0.4) is 0 Å². The summed E-state index contributed by atoms with van der Waals surface area (Å²) in [5.74, 6) is -6.46. The number of nitrogens with one attached hydrogen (secondary N) is 2. The van der Waals surface area contributed by atoms with Crippen LogP contribution in [-0.4, -0.2) is 162 Å². The highest BCUT2D eigenvalue weighted by molar-refractivity contribution is 5.95. The van der Waals surface area contributed by atoms with E-state index in [0.717, 1.165) is 10.9 Å². The van der Waals surface area contributed by atoms with Crippen LogP contribution in [0.4, 0.5) is 5.69 Å². The minimum atomic E-state index is -1.22. The van der Waals surface area contributed by atoms with Crippen LogP contribution in [0.1, 0.15) is 56.9 Å². The van der Waals surface area contributed by atoms with Gasteiger partial charge in [-0.1, -0.05) is 31.7 Å². The molecule has 0 radical (unpaired) electrons. The quantitative estimate of drug-likeness (QED) is 0.0994. The molecule has 296 valence electrons. The number of carbonyl (C=O) groups excluding carboxylic acids is 1. The molecule has 2 aromatic rings. The summed E-state index contributed by atoms with van der Waals surface area (Å²) in [5.41, 5.74) is 1.38. The maximum absolute atomic E-state index is 13.8. The Morgan fingerprint density at radius 2 is 1.00 bits per heavy atom. The lowest BCUT2D eigenvalue weighted by molar-refractivity contribution is -0.147. The van der Waals surface area contributed by atoms with E-state index >= 15 is 0 Å². The van der Waals surface area contributed by atoms with Gasteiger partial charge in [-0.2, -0.15) is 0 Å². The fourth-order valence-corrected chi connectivity index (χ4v) is 8.22. The molecule has 1 amide bonds. The minimum Gasteiger partial charge on any atom is -0.480 e. The topological polar surface area (TPSA) is 261 Å². The van der Waals surface area contributed by atoms with Crippen molar-refractivity contribution in [2.24, 2.45) is 0 Å². The van der Waals surface area contributed by atoms with Gasteiger partial charge in [0, 0.05) is 54.4 Å². The zero-order valence-corrected chi connectivity index (χ0v) is 30.3. The van der Waals surface area contributed by atoms with E-state index in [-0.39, 0.29) is 25.2 Å². The second kappa shape index (κ2) is 19.4. The molecule has 2 fully saturated rings. The van der Waals surface area contributed by atoms with Crippen LogP contribution in [0.2, 0.25) is 0 Å². The highest BCUT2D eigenvalue weighted by atomic mass is 16.4. The summed E-state index contributed by atoms with van der Waals surface area (Å²) in [5, 5.41) is 52.2. The fourth-order valence-electron chi connectivity index (χ4n) is 8.22. The molecule has 4 atom stereocenters. The van der Waals surface area contributed by atoms with Crippen molar-refractivity contribution in [3.8, 4) is 0 Å². The standard InChI is InChI=1S/C36H50N6O12/c1-22-14-30(43)38-25-15-23(10-11-24(22)25)37-31(44)16-39(26-6-2-4-8-28(26)41(18-33(47)48)19-34(49)50)12-13-40(17-32(45)46)27-7-3-5-9-29(27)42(20-35(51)52)21-36(53)54/h10-11,14-15,26-29H,2-9,12-13,16-21H2,1H3,(H,37,44)(H,38,43)(H,45,46)(H,47,48)(H,49,50)(H,51,52)(H,53,54)/t26-,27?,28-,29+/m0/s1. The minimum absolute atomic E-state index is 0.0757. The molecule has 0 spiro atoms. The van der Waals surface area contributed by atoms with Crippen LogP contribution < -0.4 is 10.9 Å². The van der Waals surface area contributed by atoms with Crippen molar-refractivity contribution in [3.05, 3.63) is 40.2 Å². The SMILES string of the molecule is Cc1cc(=O)[nH]c2cc(NC(=O)CN(CCN(CC(=O)O)C3CCCC[C@H]3N(CC(=O)O)CC(=O)O)[C@H]3CCCC[C@@H]3N(CC(=O)O)CC(=O)O)ccc12. The zero-order valence-electron chi connectivity index (χ0n) is 30.3. The summed E-state index contributed by atoms with van der Waals surface area (Å²) in [6, 6.07) is 4.40. The maximum atomic E-state index is 13.8. The lowest BCUT2D eigenvalue weighted by atomic mass is 9.87. The van der Waals surface area contributed by atoms with Gasteiger partial charge in [-0.25, -0.2) is 0 Å². The number of fused-ring (bicyclic) bond motifs is 1. The Labute approximate surface area is 311 Å². The number of carboxylic acid groups (broad SMARTS) is 5. The van der Waals surface area contributed by atoms with Crippen molar-refractivity contribution < 1.29 is 54.3 Å². The third-order valence-corrected chi connectivity index (χ3v) is 10.3. The third kappa shape index (κ3) is 12.1. The number of amides is 1. The Kier molecular flexibility index (Phi) is 15.1. The monoisotopic (exact) mass is 758 g/mol. The summed E-state index contributed by atoms with van der Waals surface area (Å²) in [6.07, 6.45) is 4.71. The largest absolute Gasteiger partial charge is 0.480 e. The van der Waals surface area contributed by atoms with Crippen molar-refractivity contribution >= 4 is 52.3 Å². The van der Waals surface area contributed by atoms with Gasteiger partial charge in [-0.15, -0.1) is 0 Å². The molecular formula is C36H50N6O12. The van der Waals surface area contributed by atoms with Crippen molar-refractivity contribution in [2.75, 3.05) is 57.7 Å². The third-order valence-electron chi connectivity index (χ3n) is 10.3. The molecule has 0 saturated heterocycles. The number of nitrogens with zero attached hydrogens (tertiary/aromatic N) is 4. The fraction of sp³-hybridized carbons (Fsp3) is 0.583. The van der Waals surface area contributed by atoms with Gasteiger partial charge < -0.3 is 35.8 Å². The Balaban J connectivity index is 1.67. The van der Waals surface area contributed by atoms with Gasteiger partial charge in [0.05, 0.1) is 44.8 Å². The molecule has 1 aromatic carbocycles. The molecule has 18 heteroatoms. The number of carboxylic acids is 5. The first-order chi connectivity index (χ1) is 25.6. The molecule has 4 rings (SSSR count). The number of aliphatic carboxylic acids is 5. The molecule has 2 saturated carbocycles. The Morgan fingerprint density at radius 1 is 0.611 bits per heavy atom. The van der Waals surface area contributed by atoms with Crippen molar-refractivity contribution in [3.63, 3.8) is 0 Å². The molecule has 18 nitrogen and oxygen atoms in total. The normalized spacial score (nSPS) is 20.4. The molecule has 54 heavy (non-hydrogen) atoms. The van der Waals surface area contributed by atoms with Crippen LogP contribution in [-0.2, 0) is 28.8 Å². The summed E-state index contributed by atoms with van der Waals surface area (Å²) >= 11 is 0. The summed E-state index contributed by atoms with van der Waals surface area (Å²) in [4.78, 5) is 94.3. The zero-order chi connectivity index (χ0) is 39.5. The van der Waals surface area contributed by atoms with E-state index in [4.69, 9.17) is 0 Å². The summed E-state index contributed by atoms with van der Waals surface area (Å²) in [6.45, 7) is -0.872. The first-order valence-corrected chi connectivity index (χ1v) is 18.1. The number of H-pyrrole nitrogens is 1. The van der Waals surface area contributed by atoms with Gasteiger partial charge in [0.25, 0.3) is 0 Å². The second-order valence-electron chi connectivity index (χ2n) is 14.2. The number of aryl methyl sites for hydroxylation is 1. The number of anilines is 1. The number of pyridine rings is 1. The van der Waals surface area contributed by atoms with Crippen LogP contribution >= 0.6 is 0 Å². The molecular weight excluding hydrogens is 708 g/mol. The molecule has 1 unspecified atom stereocenters. The number of benzene rings is 1. The Morgan fingerprint density at radius 3 is 1.43 bits per heavy atom. The van der Waals surface area contributed by atoms with E-state index in [0.29, 0.717) is 62.6 Å². The van der Waals surface area contributed by atoms with Gasteiger partial charge in [-0.3, -0.25) is 53.2 Å². The molecule has 0 bridgehead atoms. The van der Waals surface area contributed by atoms with Gasteiger partial charge in [0.1, 0.15) is 0 Å². The van der Waals surface area contributed by atoms with E-state index in [1.54, 1.807) is 30.0 Å². The smallest absolute Gasteiger partial charge is 0.317 e. The van der Waals surface area contributed by atoms with E-state index in [1.165, 1.54) is 15.9 Å². The summed E-state index contributed by atoms with van der Waals surface area (Å²) < 4.78 is 0. The lowest BCUT2D eigenvalue weighted by Crippen LogP contribution is -2.60. The molecule has 0 aliphatic heterocycles. The molecule has 2 aliphatic carbocycles. The molecule has 1 aromatic heterocycles. The van der Waals surface area contributed by atoms with Crippen LogP contribution in [0.5, 0.6) is 0 Å². The van der Waals surface area contributed by atoms with E-state index in [2.05, 4.69) is 10.3 Å². The maximum Gasteiger partial charge on any atom is 0.317 e. The van der Waals surface area contributed by atoms with Gasteiger partial charge in [0.15, 0.2) is 0 Å². The number of aromatic amines is 1. The van der Waals surface area contributed by atoms with E-state index < -0.39 is 92.6 Å². The number of aromatic nitrogens is 1. The first-order valence-electron chi connectivity index (χ1n) is 18.1. The molecule has 7 N–H and O–H groups in total. The van der Waals surface area contributed by atoms with Gasteiger partial charge in [-0.05, 0) is 50.3 Å². The number of carbonyl (C=O) groups is 6. The number of hydrogen-bond donors (Lipinski definition) is 7. The van der Waals surface area contributed by atoms with Crippen molar-refractivity contribution in [2.45, 2.75) is 82.5 Å². The highest BCUT2D eigenvalue weighted by Gasteiger charge is 2.39. The number of rotatable bonds is 20. The van der Waals surface area contributed by atoms with Gasteiger partial charge in [0.2, 0.25) is 11.5 Å². The lowest BCUT2D eigenvalue weighted by Gasteiger charge is -2.46. The average molecular weight is 759 g/mol. The first kappa shape index (κ1) is 41.8. The van der Waals surface area contributed by atoms with Crippen LogP contribution in [0.15, 0.2) is 29.1 Å². The number of hydrogen-bond acceptors (Lipinski definition) is 11. The van der Waals surface area contributed by atoms with Crippen LogP contribution in [0, 0.1) is 6.92 Å². The predicted molar refractivity (Wildman–Crippen MR) is 194 cm³/mol. The van der Waals surface area contributed by atoms with Gasteiger partial charge >= 0.3 is 29.8 Å². The summed E-state index contributed by atoms with van der Waals surface area (Å²) in [7, 11) is 0. The second-order valence-corrected chi connectivity index (χ2v) is 14.2. The highest BCUT2D eigenvalue weighted by Crippen LogP contribution is 2.30.